The van der Waals surface area contributed by atoms with Gasteiger partial charge in [-0.25, -0.2) is 0 Å². The second kappa shape index (κ2) is 14.1. The van der Waals surface area contributed by atoms with Crippen LogP contribution in [0.15, 0.2) is 30.3 Å². The second-order valence-electron chi connectivity index (χ2n) is 5.86. The van der Waals surface area contributed by atoms with Gasteiger partial charge in [0.25, 0.3) is 0 Å². The molecule has 0 amide bonds. The summed E-state index contributed by atoms with van der Waals surface area (Å²) in [6.45, 7) is 6.91. The molecule has 0 heterocycles. The molecule has 0 aliphatic rings. The molecule has 0 aliphatic carbocycles. The molecular weight excluding hydrogens is 256 g/mol. The molecule has 2 heteroatoms. The molecular formula is C19H34N2. The highest BCUT2D eigenvalue weighted by atomic mass is 14.9. The molecule has 21 heavy (non-hydrogen) atoms. The maximum absolute atomic E-state index is 3.54. The summed E-state index contributed by atoms with van der Waals surface area (Å²) in [5, 5.41) is 7.03. The summed E-state index contributed by atoms with van der Waals surface area (Å²) in [5.74, 6) is 0. The van der Waals surface area contributed by atoms with E-state index in [4.69, 9.17) is 0 Å². The third kappa shape index (κ3) is 11.5. The second-order valence-corrected chi connectivity index (χ2v) is 5.86. The first-order chi connectivity index (χ1) is 10.4. The van der Waals surface area contributed by atoms with Crippen LogP contribution in [0.25, 0.3) is 0 Å². The highest BCUT2D eigenvalue weighted by Gasteiger charge is 1.94. The van der Waals surface area contributed by atoms with Crippen LogP contribution in [-0.4, -0.2) is 26.2 Å². The van der Waals surface area contributed by atoms with Crippen molar-refractivity contribution in [3.63, 3.8) is 0 Å². The number of benzene rings is 1. The Morgan fingerprint density at radius 3 is 2.00 bits per heavy atom. The molecule has 0 aliphatic heterocycles. The van der Waals surface area contributed by atoms with Gasteiger partial charge in [-0.3, -0.25) is 0 Å². The summed E-state index contributed by atoms with van der Waals surface area (Å²) in [6.07, 6.45) is 10.4. The Balaban J connectivity index is 1.75. The summed E-state index contributed by atoms with van der Waals surface area (Å²) >= 11 is 0. The van der Waals surface area contributed by atoms with Gasteiger partial charge in [0.1, 0.15) is 0 Å². The summed E-state index contributed by atoms with van der Waals surface area (Å²) in [6, 6.07) is 10.8. The zero-order valence-electron chi connectivity index (χ0n) is 13.9. The number of nitrogens with one attached hydrogen (secondary N) is 2. The lowest BCUT2D eigenvalue weighted by molar-refractivity contribution is 0.555. The first-order valence-electron chi connectivity index (χ1n) is 8.89. The minimum absolute atomic E-state index is 1.16. The predicted molar refractivity (Wildman–Crippen MR) is 93.9 cm³/mol. The van der Waals surface area contributed by atoms with E-state index in [1.54, 1.807) is 0 Å². The van der Waals surface area contributed by atoms with Crippen LogP contribution in [0, 0.1) is 0 Å². The molecule has 0 spiro atoms. The van der Waals surface area contributed by atoms with Gasteiger partial charge in [-0.05, 0) is 63.8 Å². The molecule has 0 atom stereocenters. The zero-order chi connectivity index (χ0) is 15.0. The molecule has 2 nitrogen and oxygen atoms in total. The third-order valence-corrected chi connectivity index (χ3v) is 3.83. The normalized spacial score (nSPS) is 10.9. The third-order valence-electron chi connectivity index (χ3n) is 3.83. The van der Waals surface area contributed by atoms with Crippen molar-refractivity contribution in [3.05, 3.63) is 35.9 Å². The monoisotopic (exact) mass is 290 g/mol. The van der Waals surface area contributed by atoms with Gasteiger partial charge in [0.15, 0.2) is 0 Å². The van der Waals surface area contributed by atoms with Crippen molar-refractivity contribution in [2.24, 2.45) is 0 Å². The standard InChI is InChI=1S/C19H34N2/c1-2-3-15-20-17-11-18-21-16-10-5-4-7-12-19-13-8-6-9-14-19/h6,8-9,13-14,20-21H,2-5,7,10-12,15-18H2,1H3. The van der Waals surface area contributed by atoms with E-state index in [9.17, 15) is 0 Å². The maximum Gasteiger partial charge on any atom is -0.00368 e. The van der Waals surface area contributed by atoms with Gasteiger partial charge in [-0.2, -0.15) is 0 Å². The molecule has 120 valence electrons. The molecule has 0 unspecified atom stereocenters. The fraction of sp³-hybridized carbons (Fsp3) is 0.684. The first-order valence-corrected chi connectivity index (χ1v) is 8.89. The van der Waals surface area contributed by atoms with Crippen molar-refractivity contribution in [2.45, 2.75) is 58.3 Å². The number of aryl methyl sites for hydroxylation is 1. The average molecular weight is 290 g/mol. The molecule has 2 N–H and O–H groups in total. The quantitative estimate of drug-likeness (QED) is 0.503. The first kappa shape index (κ1) is 18.2. The van der Waals surface area contributed by atoms with E-state index < -0.39 is 0 Å². The summed E-state index contributed by atoms with van der Waals surface area (Å²) < 4.78 is 0. The summed E-state index contributed by atoms with van der Waals surface area (Å²) in [4.78, 5) is 0. The van der Waals surface area contributed by atoms with Gasteiger partial charge in [-0.15, -0.1) is 0 Å². The van der Waals surface area contributed by atoms with Crippen molar-refractivity contribution in [1.29, 1.82) is 0 Å². The van der Waals surface area contributed by atoms with E-state index >= 15 is 0 Å². The van der Waals surface area contributed by atoms with Gasteiger partial charge < -0.3 is 10.6 Å². The lowest BCUT2D eigenvalue weighted by atomic mass is 10.1. The Morgan fingerprint density at radius 2 is 1.29 bits per heavy atom. The molecule has 0 bridgehead atoms. The summed E-state index contributed by atoms with van der Waals surface area (Å²) in [7, 11) is 0. The van der Waals surface area contributed by atoms with E-state index in [2.05, 4.69) is 47.9 Å². The predicted octanol–water partition coefficient (Wildman–Crippen LogP) is 4.16. The molecule has 1 rings (SSSR count). The Hall–Kier alpha value is -0.860. The van der Waals surface area contributed by atoms with Gasteiger partial charge in [0, 0.05) is 0 Å². The van der Waals surface area contributed by atoms with Crippen LogP contribution in [-0.2, 0) is 6.42 Å². The minimum atomic E-state index is 1.16. The summed E-state index contributed by atoms with van der Waals surface area (Å²) in [5.41, 5.74) is 1.48. The number of hydrogen-bond donors (Lipinski definition) is 2. The van der Waals surface area contributed by atoms with Crippen molar-refractivity contribution in [1.82, 2.24) is 10.6 Å². The van der Waals surface area contributed by atoms with Crippen LogP contribution >= 0.6 is 0 Å². The van der Waals surface area contributed by atoms with Gasteiger partial charge in [0.2, 0.25) is 0 Å². The van der Waals surface area contributed by atoms with Crippen LogP contribution in [0.1, 0.15) is 57.4 Å². The molecule has 0 saturated heterocycles. The smallest absolute Gasteiger partial charge is 0.00368 e. The van der Waals surface area contributed by atoms with Crippen LogP contribution in [0.5, 0.6) is 0 Å². The molecule has 0 saturated carbocycles. The van der Waals surface area contributed by atoms with Crippen molar-refractivity contribution in [2.75, 3.05) is 26.2 Å². The van der Waals surface area contributed by atoms with Gasteiger partial charge >= 0.3 is 0 Å². The van der Waals surface area contributed by atoms with E-state index in [0.717, 1.165) is 13.1 Å². The number of rotatable bonds is 14. The largest absolute Gasteiger partial charge is 0.317 e. The lowest BCUT2D eigenvalue weighted by Crippen LogP contribution is -2.23. The molecule has 0 aromatic heterocycles. The van der Waals surface area contributed by atoms with Gasteiger partial charge in [0.05, 0.1) is 0 Å². The average Bonchev–Trinajstić information content (AvgIpc) is 2.53. The number of hydrogen-bond acceptors (Lipinski definition) is 2. The topological polar surface area (TPSA) is 24.1 Å². The van der Waals surface area contributed by atoms with Crippen LogP contribution in [0.4, 0.5) is 0 Å². The Bertz CT molecular complexity index is 311. The molecule has 0 radical (unpaired) electrons. The molecule has 0 fully saturated rings. The van der Waals surface area contributed by atoms with Crippen molar-refractivity contribution in [3.8, 4) is 0 Å². The van der Waals surface area contributed by atoms with E-state index in [-0.39, 0.29) is 0 Å². The van der Waals surface area contributed by atoms with Crippen LogP contribution in [0.2, 0.25) is 0 Å². The Kier molecular flexibility index (Phi) is 12.2. The minimum Gasteiger partial charge on any atom is -0.317 e. The number of unbranched alkanes of at least 4 members (excludes halogenated alkanes) is 4. The zero-order valence-corrected chi connectivity index (χ0v) is 13.9. The van der Waals surface area contributed by atoms with E-state index in [1.807, 2.05) is 0 Å². The van der Waals surface area contributed by atoms with Gasteiger partial charge in [-0.1, -0.05) is 56.5 Å². The SMILES string of the molecule is CCCCNCCCNCCCCCCc1ccccc1. The van der Waals surface area contributed by atoms with Crippen LogP contribution < -0.4 is 10.6 Å². The lowest BCUT2D eigenvalue weighted by Gasteiger charge is -2.06. The van der Waals surface area contributed by atoms with Crippen molar-refractivity contribution < 1.29 is 0 Å². The van der Waals surface area contributed by atoms with E-state index in [1.165, 1.54) is 70.0 Å². The van der Waals surface area contributed by atoms with E-state index in [0.29, 0.717) is 0 Å². The molecule has 1 aromatic carbocycles. The highest BCUT2D eigenvalue weighted by Crippen LogP contribution is 2.07. The maximum atomic E-state index is 3.54. The Morgan fingerprint density at radius 1 is 0.667 bits per heavy atom. The Labute approximate surface area is 131 Å². The van der Waals surface area contributed by atoms with Crippen LogP contribution in [0.3, 0.4) is 0 Å². The molecule has 1 aromatic rings. The van der Waals surface area contributed by atoms with Crippen molar-refractivity contribution >= 4 is 0 Å². The fourth-order valence-corrected chi connectivity index (χ4v) is 2.47. The highest BCUT2D eigenvalue weighted by molar-refractivity contribution is 5.14. The fourth-order valence-electron chi connectivity index (χ4n) is 2.47.